The normalized spacial score (nSPS) is 24.9. The smallest absolute Gasteiger partial charge is 0.426 e. The summed E-state index contributed by atoms with van der Waals surface area (Å²) < 4.78 is 28.4. The molecule has 0 aromatic heterocycles. The van der Waals surface area contributed by atoms with Crippen molar-refractivity contribution in [3.63, 3.8) is 0 Å². The molecule has 440 valence electrons. The van der Waals surface area contributed by atoms with Crippen LogP contribution in [0.4, 0.5) is 15.3 Å². The Labute approximate surface area is 465 Å². The van der Waals surface area contributed by atoms with E-state index in [1.807, 2.05) is 26.0 Å². The molecule has 0 saturated carbocycles. The molecule has 80 heavy (non-hydrogen) atoms. The lowest BCUT2D eigenvalue weighted by molar-refractivity contribution is -0.146. The number of anilines is 1. The minimum absolute atomic E-state index is 0.0879. The lowest BCUT2D eigenvalue weighted by Crippen LogP contribution is -2.57. The van der Waals surface area contributed by atoms with Crippen LogP contribution in [0.2, 0.25) is 0 Å². The van der Waals surface area contributed by atoms with E-state index < -0.39 is 89.7 Å². The summed E-state index contributed by atoms with van der Waals surface area (Å²) in [4.78, 5) is 125. The van der Waals surface area contributed by atoms with Gasteiger partial charge in [0.1, 0.15) is 42.6 Å². The van der Waals surface area contributed by atoms with Crippen LogP contribution in [0.3, 0.4) is 0 Å². The molecule has 0 aliphatic carbocycles. The molecule has 10 amide bonds. The van der Waals surface area contributed by atoms with Crippen molar-refractivity contribution in [1.82, 2.24) is 37.0 Å². The fourth-order valence-electron chi connectivity index (χ4n) is 9.42. The number of amides is 10. The number of hydrazine groups is 1. The average Bonchev–Trinajstić information content (AvgIpc) is 4.10. The number of imide groups is 1. The summed E-state index contributed by atoms with van der Waals surface area (Å²) in [5.74, 6) is -3.77. The van der Waals surface area contributed by atoms with Crippen molar-refractivity contribution >= 4 is 65.1 Å². The zero-order valence-corrected chi connectivity index (χ0v) is 46.5. The van der Waals surface area contributed by atoms with Crippen LogP contribution < -0.4 is 43.2 Å². The van der Waals surface area contributed by atoms with Gasteiger partial charge >= 0.3 is 18.1 Å². The highest BCUT2D eigenvalue weighted by Gasteiger charge is 2.58. The van der Waals surface area contributed by atoms with Gasteiger partial charge in [-0.25, -0.2) is 15.0 Å². The van der Waals surface area contributed by atoms with Crippen LogP contribution >= 0.6 is 0 Å². The van der Waals surface area contributed by atoms with Crippen LogP contribution in [0.1, 0.15) is 118 Å². The minimum Gasteiger partial charge on any atom is -0.459 e. The van der Waals surface area contributed by atoms with Crippen LogP contribution in [0.5, 0.6) is 0 Å². The first-order valence-corrected chi connectivity index (χ1v) is 27.1. The number of primary amides is 1. The molecule has 0 radical (unpaired) electrons. The van der Waals surface area contributed by atoms with E-state index in [0.717, 1.165) is 5.57 Å². The summed E-state index contributed by atoms with van der Waals surface area (Å²) >= 11 is 0. The van der Waals surface area contributed by atoms with Gasteiger partial charge in [0.05, 0.1) is 37.4 Å². The number of nitrogens with two attached hydrogens (primary N) is 1. The van der Waals surface area contributed by atoms with Gasteiger partial charge in [-0.15, -0.1) is 0 Å². The molecule has 25 heteroatoms. The Morgan fingerprint density at radius 2 is 1.60 bits per heavy atom. The number of rotatable bonds is 26. The maximum Gasteiger partial charge on any atom is 0.426 e. The highest BCUT2D eigenvalue weighted by atomic mass is 16.6. The first-order valence-electron chi connectivity index (χ1n) is 27.1. The monoisotopic (exact) mass is 1120 g/mol. The molecule has 4 fully saturated rings. The number of aliphatic hydroxyl groups is 1. The molecule has 4 aliphatic heterocycles. The second-order valence-corrected chi connectivity index (χ2v) is 21.1. The molecule has 1 spiro atoms. The number of carbonyl (C=O) groups is 10. The number of allylic oxidation sites excluding steroid dienone is 2. The maximum absolute atomic E-state index is 13.4. The van der Waals surface area contributed by atoms with E-state index in [1.165, 1.54) is 36.1 Å². The Hall–Kier alpha value is -7.22. The summed E-state index contributed by atoms with van der Waals surface area (Å²) in [7, 11) is 0. The van der Waals surface area contributed by atoms with Crippen LogP contribution in [-0.4, -0.2) is 149 Å². The Balaban J connectivity index is 1.02. The second kappa shape index (κ2) is 30.4. The number of benzene rings is 1. The van der Waals surface area contributed by atoms with E-state index in [1.54, 1.807) is 39.0 Å². The summed E-state index contributed by atoms with van der Waals surface area (Å²) in [6, 6.07) is 2.66. The Bertz CT molecular complexity index is 2460. The van der Waals surface area contributed by atoms with Gasteiger partial charge in [-0.1, -0.05) is 63.1 Å². The topological polar surface area (TPSA) is 354 Å². The number of aliphatic hydroxyl groups excluding tert-OH is 1. The fourth-order valence-corrected chi connectivity index (χ4v) is 9.42. The summed E-state index contributed by atoms with van der Waals surface area (Å²) in [6.07, 6.45) is 7.65. The van der Waals surface area contributed by atoms with Gasteiger partial charge in [-0.3, -0.25) is 48.7 Å². The molecule has 4 saturated heterocycles. The molecular formula is C55H79N9O16. The van der Waals surface area contributed by atoms with Crippen molar-refractivity contribution in [2.75, 3.05) is 25.0 Å². The number of epoxide rings is 1. The zero-order valence-electron chi connectivity index (χ0n) is 46.5. The zero-order chi connectivity index (χ0) is 58.7. The van der Waals surface area contributed by atoms with Crippen LogP contribution in [0.15, 0.2) is 60.2 Å². The van der Waals surface area contributed by atoms with E-state index in [2.05, 4.69) is 44.4 Å². The molecular weight excluding hydrogens is 1040 g/mol. The van der Waals surface area contributed by atoms with Gasteiger partial charge in [0.25, 0.3) is 0 Å². The van der Waals surface area contributed by atoms with Gasteiger partial charge in [-0.05, 0) is 82.1 Å². The van der Waals surface area contributed by atoms with E-state index in [0.29, 0.717) is 50.8 Å². The predicted molar refractivity (Wildman–Crippen MR) is 288 cm³/mol. The molecule has 4 heterocycles. The summed E-state index contributed by atoms with van der Waals surface area (Å²) in [6.45, 7) is 12.3. The first kappa shape index (κ1) is 63.6. The standard InChI is InChI=1S/C55H79N9O16/c1-31(2)49(61-44(66)11-9-8-10-24-64-47(69)22-23-48(64)70)52(73)60-41(28-57-53(56)74)51(72)58-38-17-15-37(16-18-38)29-76-54(75)63-62-46(68)26-39-27-55(30-77-55)50(71)43(80-39)20-13-32(3)12-19-42-33(4)25-40(35(6)79-42)59-45(67)21-14-34(5)78-36(7)65/h12-18,20-21,31,33-35,39-43,49-50,71H,8-11,19,22-30H2,1-7H3,(H,58,72)(H,59,67)(H,60,73)(H,61,66)(H,62,68)(H,63,75)(H3,56,57,74)/b20-13+,21-14-,32-12+/t33-,34-,35+,39+,40+,41-,42-,43+,49-,50+,55+/m0/s1. The van der Waals surface area contributed by atoms with E-state index in [9.17, 15) is 53.1 Å². The number of likely N-dealkylation sites (tertiary alicyclic amines) is 1. The fraction of sp³-hybridized carbons (Fsp3) is 0.600. The van der Waals surface area contributed by atoms with Gasteiger partial charge < -0.3 is 61.1 Å². The van der Waals surface area contributed by atoms with Crippen molar-refractivity contribution in [1.29, 1.82) is 0 Å². The van der Waals surface area contributed by atoms with Crippen molar-refractivity contribution in [3.05, 3.63) is 65.8 Å². The third-order valence-corrected chi connectivity index (χ3v) is 14.1. The van der Waals surface area contributed by atoms with Gasteiger partial charge in [0.15, 0.2) is 0 Å². The average molecular weight is 1120 g/mol. The third kappa shape index (κ3) is 20.5. The first-order chi connectivity index (χ1) is 37.9. The number of hydrogen-bond acceptors (Lipinski definition) is 16. The predicted octanol–water partition coefficient (Wildman–Crippen LogP) is 2.26. The van der Waals surface area contributed by atoms with Crippen LogP contribution in [-0.2, 0) is 68.6 Å². The highest BCUT2D eigenvalue weighted by Crippen LogP contribution is 2.43. The Kier molecular flexibility index (Phi) is 24.2. The number of nitrogens with zero attached hydrogens (tertiary/aromatic N) is 1. The largest absolute Gasteiger partial charge is 0.459 e. The molecule has 0 bridgehead atoms. The third-order valence-electron chi connectivity index (χ3n) is 14.1. The summed E-state index contributed by atoms with van der Waals surface area (Å²) in [5, 5.41) is 24.4. The number of carbonyl (C=O) groups excluding carboxylic acids is 10. The van der Waals surface area contributed by atoms with Gasteiger partial charge in [0.2, 0.25) is 41.4 Å². The van der Waals surface area contributed by atoms with Crippen molar-refractivity contribution in [3.8, 4) is 0 Å². The highest BCUT2D eigenvalue weighted by molar-refractivity contribution is 6.02. The van der Waals surface area contributed by atoms with Crippen molar-refractivity contribution < 1.29 is 76.7 Å². The molecule has 5 rings (SSSR count). The van der Waals surface area contributed by atoms with Crippen molar-refractivity contribution in [2.24, 2.45) is 17.6 Å². The van der Waals surface area contributed by atoms with Gasteiger partial charge in [-0.2, -0.15) is 0 Å². The number of ether oxygens (including phenoxy) is 5. The molecule has 0 unspecified atom stereocenters. The molecule has 25 nitrogen and oxygen atoms in total. The summed E-state index contributed by atoms with van der Waals surface area (Å²) in [5.41, 5.74) is 10.6. The van der Waals surface area contributed by atoms with Crippen molar-refractivity contribution in [2.45, 2.75) is 180 Å². The van der Waals surface area contributed by atoms with Crippen LogP contribution in [0.25, 0.3) is 0 Å². The maximum atomic E-state index is 13.4. The second-order valence-electron chi connectivity index (χ2n) is 21.1. The Morgan fingerprint density at radius 1 is 0.900 bits per heavy atom. The Morgan fingerprint density at radius 3 is 2.25 bits per heavy atom. The molecule has 1 aromatic rings. The molecule has 1 aromatic carbocycles. The minimum atomic E-state index is -1.31. The number of esters is 1. The van der Waals surface area contributed by atoms with Crippen LogP contribution in [0, 0.1) is 11.8 Å². The quantitative estimate of drug-likeness (QED) is 0.0122. The number of urea groups is 1. The molecule has 4 aliphatic rings. The SMILES string of the molecule is CC(=O)O[C@@H](C)/C=C\C(=O)N[C@@H]1C[C@H](C)[C@H](C/C=C(C)/C=C/[C@H]2O[C@H](CC(=O)NNC(=O)OCc3ccc(NC(=O)[C@H](CNC(N)=O)NC(=O)[C@@H](NC(=O)CCCCCN4C(=O)CCC4=O)C(C)C)cc3)C[C@@]3(CO3)[C@@H]2O)O[C@@H]1C. The number of nitrogens with one attached hydrogen (secondary N) is 7. The number of unbranched alkanes of at least 4 members (excludes halogenated alkanes) is 2. The lowest BCUT2D eigenvalue weighted by Gasteiger charge is -2.39. The van der Waals surface area contributed by atoms with E-state index >= 15 is 0 Å². The molecule has 10 N–H and O–H groups in total. The van der Waals surface area contributed by atoms with E-state index in [4.69, 9.17) is 29.4 Å². The number of hydrogen-bond donors (Lipinski definition) is 9. The van der Waals surface area contributed by atoms with Gasteiger partial charge in [0, 0.05) is 57.5 Å². The molecule has 11 atom stereocenters. The van der Waals surface area contributed by atoms with E-state index in [-0.39, 0.29) is 92.8 Å². The lowest BCUT2D eigenvalue weighted by atomic mass is 9.87.